The number of amides is 1. The molecule has 0 aromatic rings. The van der Waals surface area contributed by atoms with E-state index in [0.29, 0.717) is 17.9 Å². The van der Waals surface area contributed by atoms with E-state index in [4.69, 9.17) is 5.73 Å². The number of nitrogens with two attached hydrogens (primary N) is 1. The number of hydrogen-bond acceptors (Lipinski definition) is 2. The summed E-state index contributed by atoms with van der Waals surface area (Å²) in [7, 11) is 0. The van der Waals surface area contributed by atoms with Gasteiger partial charge in [-0.1, -0.05) is 13.3 Å². The first-order chi connectivity index (χ1) is 7.11. The molecular weight excluding hydrogens is 224 g/mol. The SMILES string of the molecule is CC1CCN(C(=O)C2CCCC2N)C1C.Cl. The summed E-state index contributed by atoms with van der Waals surface area (Å²) in [6.45, 7) is 5.33. The summed E-state index contributed by atoms with van der Waals surface area (Å²) in [5, 5.41) is 0. The van der Waals surface area contributed by atoms with E-state index >= 15 is 0 Å². The van der Waals surface area contributed by atoms with Gasteiger partial charge in [0.05, 0.1) is 5.92 Å². The smallest absolute Gasteiger partial charge is 0.227 e. The molecular formula is C12H23ClN2O. The Morgan fingerprint density at radius 2 is 1.94 bits per heavy atom. The zero-order valence-corrected chi connectivity index (χ0v) is 11.0. The third kappa shape index (κ3) is 2.35. The molecule has 0 spiro atoms. The summed E-state index contributed by atoms with van der Waals surface area (Å²) in [6, 6.07) is 0.519. The topological polar surface area (TPSA) is 46.3 Å². The van der Waals surface area contributed by atoms with Crippen molar-refractivity contribution in [3.63, 3.8) is 0 Å². The van der Waals surface area contributed by atoms with E-state index in [0.717, 1.165) is 32.2 Å². The Morgan fingerprint density at radius 1 is 1.25 bits per heavy atom. The highest BCUT2D eigenvalue weighted by Gasteiger charge is 2.38. The highest BCUT2D eigenvalue weighted by atomic mass is 35.5. The Kier molecular flexibility index (Phi) is 4.62. The average molecular weight is 247 g/mol. The Labute approximate surface area is 104 Å². The first-order valence-corrected chi connectivity index (χ1v) is 6.17. The molecule has 4 unspecified atom stereocenters. The molecule has 2 aliphatic rings. The van der Waals surface area contributed by atoms with Crippen LogP contribution in [0.5, 0.6) is 0 Å². The van der Waals surface area contributed by atoms with E-state index in [-0.39, 0.29) is 24.4 Å². The zero-order chi connectivity index (χ0) is 11.0. The summed E-state index contributed by atoms with van der Waals surface area (Å²) in [5.41, 5.74) is 5.98. The molecule has 1 amide bonds. The predicted molar refractivity (Wildman–Crippen MR) is 67.5 cm³/mol. The second-order valence-corrected chi connectivity index (χ2v) is 5.24. The summed E-state index contributed by atoms with van der Waals surface area (Å²) in [5.74, 6) is 1.07. The second-order valence-electron chi connectivity index (χ2n) is 5.24. The minimum atomic E-state index is 0. The van der Waals surface area contributed by atoms with Crippen molar-refractivity contribution in [2.24, 2.45) is 17.6 Å². The normalized spacial score (nSPS) is 38.6. The van der Waals surface area contributed by atoms with Gasteiger partial charge in [-0.25, -0.2) is 0 Å². The molecule has 1 heterocycles. The molecule has 4 atom stereocenters. The Bertz CT molecular complexity index is 259. The molecule has 94 valence electrons. The van der Waals surface area contributed by atoms with Crippen LogP contribution in [0.4, 0.5) is 0 Å². The third-order valence-corrected chi connectivity index (χ3v) is 4.31. The summed E-state index contributed by atoms with van der Waals surface area (Å²) in [4.78, 5) is 14.3. The fourth-order valence-electron chi connectivity index (χ4n) is 2.91. The monoisotopic (exact) mass is 246 g/mol. The lowest BCUT2D eigenvalue weighted by molar-refractivity contribution is -0.136. The van der Waals surface area contributed by atoms with Crippen molar-refractivity contribution in [2.75, 3.05) is 6.54 Å². The number of hydrogen-bond donors (Lipinski definition) is 1. The molecule has 2 fully saturated rings. The van der Waals surface area contributed by atoms with Crippen LogP contribution in [0.3, 0.4) is 0 Å². The highest BCUT2D eigenvalue weighted by molar-refractivity contribution is 5.85. The standard InChI is InChI=1S/C12H22N2O.ClH/c1-8-6-7-14(9(8)2)12(15)10-4-3-5-11(10)13;/h8-11H,3-7,13H2,1-2H3;1H. The molecule has 2 N–H and O–H groups in total. The fourth-order valence-corrected chi connectivity index (χ4v) is 2.91. The van der Waals surface area contributed by atoms with Crippen molar-refractivity contribution < 1.29 is 4.79 Å². The van der Waals surface area contributed by atoms with Crippen LogP contribution in [0.2, 0.25) is 0 Å². The molecule has 2 rings (SSSR count). The van der Waals surface area contributed by atoms with Gasteiger partial charge in [-0.15, -0.1) is 12.4 Å². The number of halogens is 1. The van der Waals surface area contributed by atoms with E-state index in [2.05, 4.69) is 18.7 Å². The summed E-state index contributed by atoms with van der Waals surface area (Å²) < 4.78 is 0. The third-order valence-electron chi connectivity index (χ3n) is 4.31. The van der Waals surface area contributed by atoms with E-state index in [1.807, 2.05) is 0 Å². The molecule has 0 radical (unpaired) electrons. The van der Waals surface area contributed by atoms with Gasteiger partial charge in [-0.3, -0.25) is 4.79 Å². The maximum absolute atomic E-state index is 12.3. The fraction of sp³-hybridized carbons (Fsp3) is 0.917. The summed E-state index contributed by atoms with van der Waals surface area (Å²) in [6.07, 6.45) is 4.29. The minimum absolute atomic E-state index is 0. The van der Waals surface area contributed by atoms with Crippen LogP contribution < -0.4 is 5.73 Å². The highest BCUT2D eigenvalue weighted by Crippen LogP contribution is 2.30. The van der Waals surface area contributed by atoms with Crippen LogP contribution in [-0.2, 0) is 4.79 Å². The summed E-state index contributed by atoms with van der Waals surface area (Å²) >= 11 is 0. The van der Waals surface area contributed by atoms with Gasteiger partial charge in [-0.05, 0) is 32.1 Å². The van der Waals surface area contributed by atoms with Crippen LogP contribution in [0.15, 0.2) is 0 Å². The van der Waals surface area contributed by atoms with E-state index < -0.39 is 0 Å². The van der Waals surface area contributed by atoms with E-state index in [1.54, 1.807) is 0 Å². The van der Waals surface area contributed by atoms with Gasteiger partial charge < -0.3 is 10.6 Å². The largest absolute Gasteiger partial charge is 0.339 e. The molecule has 3 nitrogen and oxygen atoms in total. The first kappa shape index (κ1) is 13.8. The Hall–Kier alpha value is -0.280. The molecule has 0 bridgehead atoms. The lowest BCUT2D eigenvalue weighted by atomic mass is 10.0. The maximum atomic E-state index is 12.3. The van der Waals surface area contributed by atoms with E-state index in [9.17, 15) is 4.79 Å². The number of nitrogens with zero attached hydrogens (tertiary/aromatic N) is 1. The molecule has 0 aromatic carbocycles. The van der Waals surface area contributed by atoms with Gasteiger partial charge in [0.2, 0.25) is 5.91 Å². The quantitative estimate of drug-likeness (QED) is 0.767. The van der Waals surface area contributed by atoms with Crippen molar-refractivity contribution in [1.82, 2.24) is 4.90 Å². The average Bonchev–Trinajstić information content (AvgIpc) is 2.75. The molecule has 0 aromatic heterocycles. The molecule has 1 aliphatic carbocycles. The van der Waals surface area contributed by atoms with Gasteiger partial charge in [0.1, 0.15) is 0 Å². The minimum Gasteiger partial charge on any atom is -0.339 e. The van der Waals surface area contributed by atoms with E-state index in [1.165, 1.54) is 0 Å². The molecule has 1 saturated heterocycles. The number of carbonyl (C=O) groups is 1. The zero-order valence-electron chi connectivity index (χ0n) is 10.2. The Morgan fingerprint density at radius 3 is 2.38 bits per heavy atom. The van der Waals surface area contributed by atoms with Crippen LogP contribution >= 0.6 is 12.4 Å². The van der Waals surface area contributed by atoms with Crippen LogP contribution in [0, 0.1) is 11.8 Å². The van der Waals surface area contributed by atoms with Crippen LogP contribution in [0.25, 0.3) is 0 Å². The number of carbonyl (C=O) groups excluding carboxylic acids is 1. The van der Waals surface area contributed by atoms with Crippen molar-refractivity contribution in [3.8, 4) is 0 Å². The van der Waals surface area contributed by atoms with Gasteiger partial charge in [-0.2, -0.15) is 0 Å². The second kappa shape index (κ2) is 5.37. The predicted octanol–water partition coefficient (Wildman–Crippen LogP) is 1.79. The molecule has 16 heavy (non-hydrogen) atoms. The van der Waals surface area contributed by atoms with Gasteiger partial charge in [0.15, 0.2) is 0 Å². The lowest BCUT2D eigenvalue weighted by Gasteiger charge is -2.27. The van der Waals surface area contributed by atoms with Crippen molar-refractivity contribution in [1.29, 1.82) is 0 Å². The van der Waals surface area contributed by atoms with Crippen molar-refractivity contribution in [3.05, 3.63) is 0 Å². The Balaban J connectivity index is 0.00000128. The van der Waals surface area contributed by atoms with Gasteiger partial charge >= 0.3 is 0 Å². The van der Waals surface area contributed by atoms with Crippen molar-refractivity contribution >= 4 is 18.3 Å². The van der Waals surface area contributed by atoms with Crippen LogP contribution in [-0.4, -0.2) is 29.4 Å². The molecule has 1 saturated carbocycles. The first-order valence-electron chi connectivity index (χ1n) is 6.17. The molecule has 4 heteroatoms. The van der Waals surface area contributed by atoms with Crippen molar-refractivity contribution in [2.45, 2.75) is 51.6 Å². The number of rotatable bonds is 1. The molecule has 1 aliphatic heterocycles. The van der Waals surface area contributed by atoms with Crippen LogP contribution in [0.1, 0.15) is 39.5 Å². The van der Waals surface area contributed by atoms with Gasteiger partial charge in [0.25, 0.3) is 0 Å². The van der Waals surface area contributed by atoms with Gasteiger partial charge in [0, 0.05) is 18.6 Å². The maximum Gasteiger partial charge on any atom is 0.227 e. The number of likely N-dealkylation sites (tertiary alicyclic amines) is 1. The lowest BCUT2D eigenvalue weighted by Crippen LogP contribution is -2.43.